The first kappa shape index (κ1) is 24.9. The highest BCUT2D eigenvalue weighted by molar-refractivity contribution is 6.88. The fourth-order valence-electron chi connectivity index (χ4n) is 5.74. The molecule has 0 amide bonds. The number of hydrogen-bond donors (Lipinski definition) is 0. The van der Waals surface area contributed by atoms with E-state index in [2.05, 4.69) is 65.9 Å². The van der Waals surface area contributed by atoms with Crippen molar-refractivity contribution in [2.24, 2.45) is 10.6 Å². The molecule has 8 heteroatoms. The number of fused-ring (bicyclic) bond motifs is 1. The number of amidine groups is 1. The summed E-state index contributed by atoms with van der Waals surface area (Å²) in [6.45, 7) is 11.4. The van der Waals surface area contributed by atoms with Crippen molar-refractivity contribution in [2.45, 2.75) is 58.5 Å². The minimum atomic E-state index is -1.87. The molecule has 2 fully saturated rings. The van der Waals surface area contributed by atoms with Gasteiger partial charge in [-0.15, -0.1) is 0 Å². The fraction of sp³-hybridized carbons (Fsp3) is 0.400. The fourth-order valence-corrected chi connectivity index (χ4v) is 7.13. The summed E-state index contributed by atoms with van der Waals surface area (Å²) < 4.78 is 22.5. The van der Waals surface area contributed by atoms with Crippen LogP contribution < -0.4 is 9.92 Å². The maximum atomic E-state index is 14.8. The van der Waals surface area contributed by atoms with E-state index in [1.807, 2.05) is 29.8 Å². The predicted octanol–water partition coefficient (Wildman–Crippen LogP) is 5.96. The largest absolute Gasteiger partial charge is 0.495 e. The maximum Gasteiger partial charge on any atom is 0.234 e. The molecule has 2 aliphatic heterocycles. The van der Waals surface area contributed by atoms with Crippen LogP contribution in [0.5, 0.6) is 5.75 Å². The zero-order valence-electron chi connectivity index (χ0n) is 23.0. The van der Waals surface area contributed by atoms with E-state index in [-0.39, 0.29) is 11.2 Å². The molecule has 1 saturated carbocycles. The van der Waals surface area contributed by atoms with Gasteiger partial charge in [-0.3, -0.25) is 0 Å². The van der Waals surface area contributed by atoms with Crippen LogP contribution in [0.4, 0.5) is 4.39 Å². The monoisotopic (exact) mass is 530 g/mol. The molecular formula is C30H35FN4O2Si. The van der Waals surface area contributed by atoms with Gasteiger partial charge in [0.25, 0.3) is 0 Å². The first-order valence-electron chi connectivity index (χ1n) is 13.3. The van der Waals surface area contributed by atoms with Crippen molar-refractivity contribution in [3.63, 3.8) is 0 Å². The van der Waals surface area contributed by atoms with E-state index in [4.69, 9.17) is 9.57 Å². The number of benzene rings is 2. The minimum Gasteiger partial charge on any atom is -0.495 e. The van der Waals surface area contributed by atoms with Crippen molar-refractivity contribution in [1.29, 1.82) is 0 Å². The summed E-state index contributed by atoms with van der Waals surface area (Å²) in [5.74, 6) is 1.53. The molecule has 3 aromatic rings. The van der Waals surface area contributed by atoms with Gasteiger partial charge in [0.05, 0.1) is 32.9 Å². The Labute approximate surface area is 224 Å². The highest BCUT2D eigenvalue weighted by atomic mass is 28.3. The number of piperidine rings is 1. The Morgan fingerprint density at radius 3 is 2.58 bits per heavy atom. The predicted molar refractivity (Wildman–Crippen MR) is 151 cm³/mol. The van der Waals surface area contributed by atoms with Crippen LogP contribution in [0.2, 0.25) is 19.6 Å². The molecular weight excluding hydrogens is 495 g/mol. The van der Waals surface area contributed by atoms with E-state index in [9.17, 15) is 4.39 Å². The second-order valence-corrected chi connectivity index (χ2v) is 17.3. The average Bonchev–Trinajstić information content (AvgIpc) is 3.31. The number of ether oxygens (including phenoxy) is 1. The molecule has 6 rings (SSSR count). The van der Waals surface area contributed by atoms with Crippen LogP contribution in [0.3, 0.4) is 0 Å². The van der Waals surface area contributed by atoms with Crippen LogP contribution >= 0.6 is 0 Å². The molecule has 0 bridgehead atoms. The Kier molecular flexibility index (Phi) is 5.61. The van der Waals surface area contributed by atoms with Crippen LogP contribution in [0.25, 0.3) is 11.8 Å². The Bertz CT molecular complexity index is 1480. The highest BCUT2D eigenvalue weighted by Gasteiger charge is 2.56. The average molecular weight is 531 g/mol. The first-order valence-corrected chi connectivity index (χ1v) is 16.8. The number of aryl methyl sites for hydroxylation is 1. The van der Waals surface area contributed by atoms with Crippen molar-refractivity contribution < 1.29 is 14.0 Å². The number of methoxy groups -OCH3 is 1. The van der Waals surface area contributed by atoms with Gasteiger partial charge >= 0.3 is 0 Å². The second-order valence-electron chi connectivity index (χ2n) is 12.2. The van der Waals surface area contributed by atoms with Crippen LogP contribution in [-0.2, 0) is 10.6 Å². The van der Waals surface area contributed by atoms with Crippen LogP contribution in [0.15, 0.2) is 59.7 Å². The van der Waals surface area contributed by atoms with Gasteiger partial charge in [-0.2, -0.15) is 0 Å². The first-order chi connectivity index (χ1) is 18.0. The lowest BCUT2D eigenvalue weighted by Crippen LogP contribution is -2.51. The molecule has 6 nitrogen and oxygen atoms in total. The van der Waals surface area contributed by atoms with Crippen molar-refractivity contribution in [1.82, 2.24) is 14.5 Å². The summed E-state index contributed by atoms with van der Waals surface area (Å²) >= 11 is 0. The zero-order chi connectivity index (χ0) is 26.9. The molecule has 38 heavy (non-hydrogen) atoms. The molecule has 2 aromatic carbocycles. The summed E-state index contributed by atoms with van der Waals surface area (Å²) in [6.07, 6.45) is 9.35. The Balaban J connectivity index is 1.37. The number of oxime groups is 1. The smallest absolute Gasteiger partial charge is 0.234 e. The molecule has 0 N–H and O–H groups in total. The molecule has 3 aliphatic rings. The van der Waals surface area contributed by atoms with Crippen molar-refractivity contribution in [2.75, 3.05) is 13.7 Å². The summed E-state index contributed by atoms with van der Waals surface area (Å²) in [5.41, 5.74) is 4.53. The van der Waals surface area contributed by atoms with Gasteiger partial charge in [0, 0.05) is 25.2 Å². The Morgan fingerprint density at radius 2 is 1.92 bits per heavy atom. The highest BCUT2D eigenvalue weighted by Crippen LogP contribution is 2.57. The molecule has 1 aliphatic carbocycles. The lowest BCUT2D eigenvalue weighted by atomic mass is 9.86. The third kappa shape index (κ3) is 4.15. The van der Waals surface area contributed by atoms with Crippen LogP contribution in [0, 0.1) is 18.2 Å². The van der Waals surface area contributed by atoms with Gasteiger partial charge in [0.15, 0.2) is 5.84 Å². The van der Waals surface area contributed by atoms with E-state index in [1.165, 1.54) is 18.4 Å². The van der Waals surface area contributed by atoms with Gasteiger partial charge in [-0.25, -0.2) is 9.37 Å². The van der Waals surface area contributed by atoms with Gasteiger partial charge < -0.3 is 19.0 Å². The number of imidazole rings is 1. The van der Waals surface area contributed by atoms with Crippen molar-refractivity contribution in [3.8, 4) is 11.4 Å². The quantitative estimate of drug-likeness (QED) is 0.382. The number of aromatic nitrogens is 2. The normalized spacial score (nSPS) is 22.9. The van der Waals surface area contributed by atoms with Gasteiger partial charge in [0.2, 0.25) is 5.72 Å². The SMILES string of the molecule is COc1cc(C=C2CC3(CC3)CN3C2=NOC3(C)c2ccc(F)c([Si](C)(C)C)c2)ccc1-n1cnc(C)c1. The number of rotatable bonds is 5. The van der Waals surface area contributed by atoms with E-state index < -0.39 is 13.8 Å². The van der Waals surface area contributed by atoms with Crippen LogP contribution in [0.1, 0.15) is 43.0 Å². The summed E-state index contributed by atoms with van der Waals surface area (Å²) in [6, 6.07) is 11.7. The molecule has 3 heterocycles. The van der Waals surface area contributed by atoms with E-state index in [1.54, 1.807) is 19.5 Å². The molecule has 1 unspecified atom stereocenters. The zero-order valence-corrected chi connectivity index (χ0v) is 24.0. The molecule has 1 spiro atoms. The minimum absolute atomic E-state index is 0.128. The summed E-state index contributed by atoms with van der Waals surface area (Å²) in [4.78, 5) is 12.9. The number of hydrogen-bond acceptors (Lipinski definition) is 5. The molecule has 1 atom stereocenters. The van der Waals surface area contributed by atoms with Crippen LogP contribution in [-0.4, -0.2) is 42.0 Å². The standard InChI is InChI=1S/C30H35FN4O2Si/c1-20-17-34(19-32-20)25-10-7-21(14-26(25)36-3)13-22-16-30(11-12-30)18-35-28(22)33-37-29(35,2)23-8-9-24(31)27(15-23)38(4,5)6/h7-10,13-15,17,19H,11-12,16,18H2,1-6H3. The molecule has 1 saturated heterocycles. The topological polar surface area (TPSA) is 51.9 Å². The summed E-state index contributed by atoms with van der Waals surface area (Å²) in [7, 11) is -0.176. The van der Waals surface area contributed by atoms with E-state index in [0.717, 1.165) is 52.2 Å². The maximum absolute atomic E-state index is 14.8. The van der Waals surface area contributed by atoms with Gasteiger partial charge in [-0.1, -0.05) is 43.0 Å². The van der Waals surface area contributed by atoms with E-state index in [0.29, 0.717) is 0 Å². The third-order valence-electron chi connectivity index (χ3n) is 8.23. The molecule has 1 aromatic heterocycles. The van der Waals surface area contributed by atoms with Gasteiger partial charge in [0.1, 0.15) is 11.6 Å². The van der Waals surface area contributed by atoms with Crippen molar-refractivity contribution in [3.05, 3.63) is 77.1 Å². The molecule has 0 radical (unpaired) electrons. The van der Waals surface area contributed by atoms with Gasteiger partial charge in [-0.05, 0) is 72.2 Å². The summed E-state index contributed by atoms with van der Waals surface area (Å²) in [5, 5.41) is 5.45. The van der Waals surface area contributed by atoms with Crippen molar-refractivity contribution >= 4 is 25.2 Å². The van der Waals surface area contributed by atoms with E-state index >= 15 is 0 Å². The number of halogens is 1. The second kappa shape index (κ2) is 8.56. The lowest BCUT2D eigenvalue weighted by Gasteiger charge is -2.41. The Hall–Kier alpha value is -3.39. The molecule has 198 valence electrons. The number of nitrogens with zero attached hydrogens (tertiary/aromatic N) is 4. The lowest BCUT2D eigenvalue weighted by molar-refractivity contribution is -0.0968. The Morgan fingerprint density at radius 1 is 1.13 bits per heavy atom. The third-order valence-corrected chi connectivity index (χ3v) is 10.2.